The van der Waals surface area contributed by atoms with E-state index in [-0.39, 0.29) is 5.82 Å². The monoisotopic (exact) mass is 323 g/mol. The average molecular weight is 324 g/mol. The molecule has 0 bridgehead atoms. The lowest BCUT2D eigenvalue weighted by Gasteiger charge is -2.05. The second-order valence-electron chi connectivity index (χ2n) is 5.00. The molecule has 1 aromatic carbocycles. The molecule has 0 amide bonds. The topological polar surface area (TPSA) is 25.2 Å². The van der Waals surface area contributed by atoms with Gasteiger partial charge in [0.25, 0.3) is 0 Å². The summed E-state index contributed by atoms with van der Waals surface area (Å²) < 4.78 is 19.9. The molecule has 1 fully saturated rings. The van der Waals surface area contributed by atoms with E-state index in [0.717, 1.165) is 29.2 Å². The molecule has 1 heterocycles. The summed E-state index contributed by atoms with van der Waals surface area (Å²) in [7, 11) is 0. The van der Waals surface area contributed by atoms with Gasteiger partial charge in [0.1, 0.15) is 17.3 Å². The molecule has 3 rings (SSSR count). The molecule has 2 aromatic rings. The van der Waals surface area contributed by atoms with Crippen molar-refractivity contribution in [3.05, 3.63) is 45.9 Å². The summed E-state index contributed by atoms with van der Waals surface area (Å²) in [5.74, 6) is 1.34. The largest absolute Gasteiger partial charge is 0.460 e. The van der Waals surface area contributed by atoms with Crippen LogP contribution in [0.5, 0.6) is 0 Å². The third kappa shape index (κ3) is 2.90. The molecule has 4 heteroatoms. The van der Waals surface area contributed by atoms with Gasteiger partial charge in [-0.05, 0) is 65.5 Å². The first-order valence-electron chi connectivity index (χ1n) is 6.41. The van der Waals surface area contributed by atoms with Crippen molar-refractivity contribution in [1.29, 1.82) is 0 Å². The zero-order valence-corrected chi connectivity index (χ0v) is 12.3. The van der Waals surface area contributed by atoms with Crippen molar-refractivity contribution < 1.29 is 8.81 Å². The van der Waals surface area contributed by atoms with Crippen LogP contribution >= 0.6 is 15.9 Å². The molecule has 1 aliphatic carbocycles. The minimum atomic E-state index is -0.269. The highest BCUT2D eigenvalue weighted by molar-refractivity contribution is 9.10. The van der Waals surface area contributed by atoms with Gasteiger partial charge < -0.3 is 9.73 Å². The Kier molecular flexibility index (Phi) is 3.46. The Labute approximate surface area is 120 Å². The van der Waals surface area contributed by atoms with Gasteiger partial charge in [0.2, 0.25) is 0 Å². The molecule has 2 nitrogen and oxygen atoms in total. The maximum atomic E-state index is 13.6. The summed E-state index contributed by atoms with van der Waals surface area (Å²) in [6, 6.07) is 7.79. The van der Waals surface area contributed by atoms with E-state index in [1.54, 1.807) is 6.07 Å². The first-order chi connectivity index (χ1) is 9.13. The van der Waals surface area contributed by atoms with Gasteiger partial charge in [-0.2, -0.15) is 0 Å². The van der Waals surface area contributed by atoms with E-state index >= 15 is 0 Å². The molecule has 0 atom stereocenters. The van der Waals surface area contributed by atoms with Crippen molar-refractivity contribution in [2.75, 3.05) is 0 Å². The van der Waals surface area contributed by atoms with E-state index in [4.69, 9.17) is 4.42 Å². The number of hydrogen-bond donors (Lipinski definition) is 1. The molecule has 0 aliphatic heterocycles. The minimum absolute atomic E-state index is 0.269. The maximum Gasteiger partial charge on any atom is 0.138 e. The van der Waals surface area contributed by atoms with E-state index in [2.05, 4.69) is 21.2 Å². The third-order valence-electron chi connectivity index (χ3n) is 3.34. The van der Waals surface area contributed by atoms with Crippen LogP contribution in [0.1, 0.15) is 24.2 Å². The van der Waals surface area contributed by atoms with Gasteiger partial charge in [-0.3, -0.25) is 0 Å². The molecular formula is C15H15BrFNO. The smallest absolute Gasteiger partial charge is 0.138 e. The SMILES string of the molecule is Cc1cc(Br)c(F)cc1-c1ccc(CNC2CC2)o1. The molecule has 1 aromatic heterocycles. The molecule has 1 N–H and O–H groups in total. The Bertz CT molecular complexity index is 604. The molecular weight excluding hydrogens is 309 g/mol. The third-order valence-corrected chi connectivity index (χ3v) is 3.94. The first kappa shape index (κ1) is 12.9. The summed E-state index contributed by atoms with van der Waals surface area (Å²) in [5.41, 5.74) is 1.79. The molecule has 0 saturated heterocycles. The fourth-order valence-corrected chi connectivity index (χ4v) is 2.52. The predicted octanol–water partition coefficient (Wildman–Crippen LogP) is 4.41. The lowest BCUT2D eigenvalue weighted by Crippen LogP contribution is -2.14. The van der Waals surface area contributed by atoms with Crippen molar-refractivity contribution in [1.82, 2.24) is 5.32 Å². The average Bonchev–Trinajstić information content (AvgIpc) is 3.09. The van der Waals surface area contributed by atoms with Crippen LogP contribution in [0.2, 0.25) is 0 Å². The lowest BCUT2D eigenvalue weighted by molar-refractivity contribution is 0.492. The Morgan fingerprint density at radius 3 is 2.89 bits per heavy atom. The van der Waals surface area contributed by atoms with Crippen molar-refractivity contribution in [3.8, 4) is 11.3 Å². The molecule has 0 unspecified atom stereocenters. The van der Waals surface area contributed by atoms with Gasteiger partial charge in [0.15, 0.2) is 0 Å². The fourth-order valence-electron chi connectivity index (χ4n) is 2.06. The van der Waals surface area contributed by atoms with Crippen LogP contribution in [-0.2, 0) is 6.54 Å². The van der Waals surface area contributed by atoms with Crippen LogP contribution in [0.25, 0.3) is 11.3 Å². The van der Waals surface area contributed by atoms with E-state index < -0.39 is 0 Å². The first-order valence-corrected chi connectivity index (χ1v) is 7.21. The van der Waals surface area contributed by atoms with Gasteiger partial charge in [-0.1, -0.05) is 0 Å². The van der Waals surface area contributed by atoms with Crippen LogP contribution < -0.4 is 5.32 Å². The Morgan fingerprint density at radius 1 is 1.37 bits per heavy atom. The number of rotatable bonds is 4. The summed E-state index contributed by atoms with van der Waals surface area (Å²) in [4.78, 5) is 0. The van der Waals surface area contributed by atoms with Gasteiger partial charge in [0.05, 0.1) is 11.0 Å². The zero-order chi connectivity index (χ0) is 13.4. The van der Waals surface area contributed by atoms with Crippen molar-refractivity contribution in [2.45, 2.75) is 32.4 Å². The van der Waals surface area contributed by atoms with Gasteiger partial charge in [-0.15, -0.1) is 0 Å². The summed E-state index contributed by atoms with van der Waals surface area (Å²) in [5, 5.41) is 3.40. The maximum absolute atomic E-state index is 13.6. The van der Waals surface area contributed by atoms with Crippen LogP contribution in [0.15, 0.2) is 33.2 Å². The van der Waals surface area contributed by atoms with Crippen LogP contribution in [0.4, 0.5) is 4.39 Å². The Balaban J connectivity index is 1.83. The summed E-state index contributed by atoms with van der Waals surface area (Å²) in [6.07, 6.45) is 2.51. The minimum Gasteiger partial charge on any atom is -0.460 e. The second-order valence-corrected chi connectivity index (χ2v) is 5.86. The highest BCUT2D eigenvalue weighted by atomic mass is 79.9. The fraction of sp³-hybridized carbons (Fsp3) is 0.333. The molecule has 1 aliphatic rings. The molecule has 0 radical (unpaired) electrons. The van der Waals surface area contributed by atoms with Gasteiger partial charge >= 0.3 is 0 Å². The lowest BCUT2D eigenvalue weighted by atomic mass is 10.1. The van der Waals surface area contributed by atoms with Crippen molar-refractivity contribution in [2.24, 2.45) is 0 Å². The van der Waals surface area contributed by atoms with E-state index in [0.29, 0.717) is 10.5 Å². The number of hydrogen-bond acceptors (Lipinski definition) is 2. The van der Waals surface area contributed by atoms with Crippen LogP contribution in [-0.4, -0.2) is 6.04 Å². The van der Waals surface area contributed by atoms with Crippen LogP contribution in [0.3, 0.4) is 0 Å². The number of furan rings is 1. The Morgan fingerprint density at radius 2 is 2.16 bits per heavy atom. The highest BCUT2D eigenvalue weighted by Gasteiger charge is 2.20. The van der Waals surface area contributed by atoms with E-state index in [1.807, 2.05) is 19.1 Å². The summed E-state index contributed by atoms with van der Waals surface area (Å²) in [6.45, 7) is 2.69. The second kappa shape index (κ2) is 5.10. The van der Waals surface area contributed by atoms with Gasteiger partial charge in [-0.25, -0.2) is 4.39 Å². The normalized spacial score (nSPS) is 14.9. The highest BCUT2D eigenvalue weighted by Crippen LogP contribution is 2.30. The quantitative estimate of drug-likeness (QED) is 0.901. The summed E-state index contributed by atoms with van der Waals surface area (Å²) >= 11 is 3.19. The number of benzene rings is 1. The number of halogens is 2. The number of nitrogens with one attached hydrogen (secondary N) is 1. The van der Waals surface area contributed by atoms with Gasteiger partial charge in [0, 0.05) is 11.6 Å². The standard InChI is InChI=1S/C15H15BrFNO/c1-9-6-13(16)14(17)7-12(9)15-5-4-11(19-15)8-18-10-2-3-10/h4-7,10,18H,2-3,8H2,1H3. The van der Waals surface area contributed by atoms with E-state index in [9.17, 15) is 4.39 Å². The Hall–Kier alpha value is -1.13. The van der Waals surface area contributed by atoms with E-state index in [1.165, 1.54) is 18.9 Å². The van der Waals surface area contributed by atoms with Crippen molar-refractivity contribution in [3.63, 3.8) is 0 Å². The van der Waals surface area contributed by atoms with Crippen LogP contribution in [0, 0.1) is 12.7 Å². The van der Waals surface area contributed by atoms with Crippen molar-refractivity contribution >= 4 is 15.9 Å². The predicted molar refractivity (Wildman–Crippen MR) is 76.4 cm³/mol. The zero-order valence-electron chi connectivity index (χ0n) is 10.7. The molecule has 0 spiro atoms. The molecule has 1 saturated carbocycles. The number of aryl methyl sites for hydroxylation is 1. The molecule has 19 heavy (non-hydrogen) atoms. The molecule has 100 valence electrons.